The van der Waals surface area contributed by atoms with Gasteiger partial charge in [-0.25, -0.2) is 0 Å². The lowest BCUT2D eigenvalue weighted by Crippen LogP contribution is -2.54. The van der Waals surface area contributed by atoms with Crippen LogP contribution in [0.25, 0.3) is 0 Å². The van der Waals surface area contributed by atoms with Crippen LogP contribution >= 0.6 is 0 Å². The molecule has 1 aromatic rings. The zero-order valence-corrected chi connectivity index (χ0v) is 21.0. The van der Waals surface area contributed by atoms with Crippen LogP contribution < -0.4 is 4.74 Å². The van der Waals surface area contributed by atoms with E-state index in [0.29, 0.717) is 35.8 Å². The monoisotopic (exact) mass is 468 g/mol. The van der Waals surface area contributed by atoms with E-state index in [9.17, 15) is 15.2 Å². The Labute approximate surface area is 204 Å². The van der Waals surface area contributed by atoms with Gasteiger partial charge in [0.2, 0.25) is 0 Å². The van der Waals surface area contributed by atoms with Crippen molar-refractivity contribution in [3.63, 3.8) is 0 Å². The maximum atomic E-state index is 12.9. The van der Waals surface area contributed by atoms with Crippen molar-refractivity contribution in [3.05, 3.63) is 41.2 Å². The first-order valence-corrected chi connectivity index (χ1v) is 12.9. The van der Waals surface area contributed by atoms with Gasteiger partial charge in [-0.05, 0) is 38.5 Å². The third-order valence-electron chi connectivity index (χ3n) is 6.86. The van der Waals surface area contributed by atoms with Crippen molar-refractivity contribution in [3.8, 4) is 11.8 Å². The summed E-state index contributed by atoms with van der Waals surface area (Å²) in [5, 5.41) is 20.4. The number of unbranched alkanes of at least 4 members (excludes halogenated alkanes) is 9. The van der Waals surface area contributed by atoms with Gasteiger partial charge in [0.1, 0.15) is 23.2 Å². The van der Waals surface area contributed by atoms with E-state index in [0.717, 1.165) is 12.8 Å². The van der Waals surface area contributed by atoms with Gasteiger partial charge in [-0.3, -0.25) is 4.79 Å². The van der Waals surface area contributed by atoms with Crippen molar-refractivity contribution >= 4 is 5.91 Å². The summed E-state index contributed by atoms with van der Waals surface area (Å²) < 4.78 is 11.9. The number of amides is 1. The van der Waals surface area contributed by atoms with Gasteiger partial charge in [0, 0.05) is 11.6 Å². The smallest absolute Gasteiger partial charge is 0.251 e. The maximum Gasteiger partial charge on any atom is 0.251 e. The Bertz CT molecular complexity index is 902. The third-order valence-corrected chi connectivity index (χ3v) is 6.86. The van der Waals surface area contributed by atoms with E-state index in [1.807, 2.05) is 13.8 Å². The molecule has 2 atom stereocenters. The second-order valence-electron chi connectivity index (χ2n) is 10.1. The van der Waals surface area contributed by atoms with Gasteiger partial charge in [-0.1, -0.05) is 64.7 Å². The van der Waals surface area contributed by atoms with E-state index in [-0.39, 0.29) is 5.91 Å². The number of aliphatic hydroxyl groups is 1. The Morgan fingerprint density at radius 1 is 1.12 bits per heavy atom. The molecule has 0 unspecified atom stereocenters. The van der Waals surface area contributed by atoms with Gasteiger partial charge in [0.15, 0.2) is 0 Å². The van der Waals surface area contributed by atoms with Crippen LogP contribution in [0.2, 0.25) is 0 Å². The van der Waals surface area contributed by atoms with Gasteiger partial charge in [-0.15, -0.1) is 0 Å². The topological polar surface area (TPSA) is 82.8 Å². The number of nitriles is 1. The fourth-order valence-corrected chi connectivity index (χ4v) is 4.80. The van der Waals surface area contributed by atoms with Crippen LogP contribution in [0.1, 0.15) is 102 Å². The molecule has 1 N–H and O–H groups in total. The highest BCUT2D eigenvalue weighted by Gasteiger charge is 2.47. The van der Waals surface area contributed by atoms with Gasteiger partial charge in [-0.2, -0.15) is 5.26 Å². The molecule has 0 spiro atoms. The molecule has 1 aromatic carbocycles. The largest absolute Gasteiger partial charge is 0.496 e. The fourth-order valence-electron chi connectivity index (χ4n) is 4.80. The van der Waals surface area contributed by atoms with Crippen molar-refractivity contribution in [2.24, 2.45) is 0 Å². The molecule has 2 aliphatic heterocycles. The van der Waals surface area contributed by atoms with Crippen LogP contribution in [0, 0.1) is 11.3 Å². The number of rotatable bonds is 13. The minimum absolute atomic E-state index is 0.187. The molecule has 186 valence electrons. The van der Waals surface area contributed by atoms with Gasteiger partial charge >= 0.3 is 0 Å². The summed E-state index contributed by atoms with van der Waals surface area (Å²) in [6.45, 7) is 6.77. The number of fused-ring (bicyclic) bond motifs is 1. The predicted octanol–water partition coefficient (Wildman–Crippen LogP) is 5.79. The average Bonchev–Trinajstić information content (AvgIpc) is 3.17. The van der Waals surface area contributed by atoms with Crippen LogP contribution in [0.5, 0.6) is 5.75 Å². The zero-order chi connectivity index (χ0) is 24.6. The number of carbonyl (C=O) groups excluding carboxylic acids is 1. The first kappa shape index (κ1) is 26.1. The molecule has 0 aliphatic carbocycles. The Morgan fingerprint density at radius 2 is 1.76 bits per heavy atom. The molecule has 2 heterocycles. The van der Waals surface area contributed by atoms with Crippen LogP contribution in [0.3, 0.4) is 0 Å². The van der Waals surface area contributed by atoms with E-state index < -0.39 is 17.7 Å². The minimum atomic E-state index is -0.937. The van der Waals surface area contributed by atoms with Crippen LogP contribution in [-0.4, -0.2) is 40.8 Å². The molecule has 6 heteroatoms. The number of hydrogen-bond acceptors (Lipinski definition) is 5. The van der Waals surface area contributed by atoms with Gasteiger partial charge in [0.25, 0.3) is 5.91 Å². The van der Waals surface area contributed by atoms with E-state index in [1.165, 1.54) is 57.4 Å². The lowest BCUT2D eigenvalue weighted by atomic mass is 9.85. The number of carbonyl (C=O) groups is 1. The summed E-state index contributed by atoms with van der Waals surface area (Å²) in [6, 6.07) is 6.66. The number of ether oxygens (including phenoxy) is 2. The Hall–Kier alpha value is -2.52. The summed E-state index contributed by atoms with van der Waals surface area (Å²) in [5.41, 5.74) is 0.256. The van der Waals surface area contributed by atoms with Crippen molar-refractivity contribution in [1.29, 1.82) is 5.26 Å². The molecular formula is C28H40N2O4. The molecule has 0 aromatic heterocycles. The Morgan fingerprint density at radius 3 is 2.41 bits per heavy atom. The molecule has 0 saturated heterocycles. The first-order chi connectivity index (χ1) is 16.4. The molecule has 0 bridgehead atoms. The second kappa shape index (κ2) is 12.3. The quantitative estimate of drug-likeness (QED) is 0.370. The van der Waals surface area contributed by atoms with Crippen molar-refractivity contribution in [2.75, 3.05) is 13.2 Å². The summed E-state index contributed by atoms with van der Waals surface area (Å²) in [5.74, 6) is 1.04. The maximum absolute atomic E-state index is 12.9. The summed E-state index contributed by atoms with van der Waals surface area (Å²) in [7, 11) is 0. The molecule has 0 saturated carbocycles. The van der Waals surface area contributed by atoms with Crippen molar-refractivity contribution < 1.29 is 19.4 Å². The average molecular weight is 469 g/mol. The predicted molar refractivity (Wildman–Crippen MR) is 132 cm³/mol. The normalized spacial score (nSPS) is 21.0. The molecule has 1 amide bonds. The summed E-state index contributed by atoms with van der Waals surface area (Å²) in [4.78, 5) is 14.5. The van der Waals surface area contributed by atoms with E-state index >= 15 is 0 Å². The van der Waals surface area contributed by atoms with Crippen molar-refractivity contribution in [1.82, 2.24) is 4.90 Å². The lowest BCUT2D eigenvalue weighted by molar-refractivity contribution is -0.137. The van der Waals surface area contributed by atoms with Crippen molar-refractivity contribution in [2.45, 2.75) is 103 Å². The highest BCUT2D eigenvalue weighted by molar-refractivity contribution is 5.91. The number of hydrogen-bond donors (Lipinski definition) is 1. The molecule has 3 rings (SSSR count). The van der Waals surface area contributed by atoms with E-state index in [4.69, 9.17) is 9.47 Å². The van der Waals surface area contributed by atoms with Crippen LogP contribution in [0.15, 0.2) is 30.0 Å². The van der Waals surface area contributed by atoms with Crippen LogP contribution in [0.4, 0.5) is 0 Å². The number of nitrogens with zero attached hydrogens (tertiary/aromatic N) is 2. The Balaban J connectivity index is 1.48. The Kier molecular flexibility index (Phi) is 9.41. The zero-order valence-electron chi connectivity index (χ0n) is 21.0. The minimum Gasteiger partial charge on any atom is -0.496 e. The molecule has 6 nitrogen and oxygen atoms in total. The molecule has 0 radical (unpaired) electrons. The molecular weight excluding hydrogens is 428 g/mol. The van der Waals surface area contributed by atoms with Crippen LogP contribution in [-0.2, 0) is 9.53 Å². The lowest BCUT2D eigenvalue weighted by Gasteiger charge is -2.45. The number of benzene rings is 1. The molecule has 34 heavy (non-hydrogen) atoms. The van der Waals surface area contributed by atoms with Gasteiger partial charge < -0.3 is 19.5 Å². The van der Waals surface area contributed by atoms with E-state index in [1.54, 1.807) is 23.1 Å². The standard InChI is InChI=1S/C28H40N2O4/c1-4-5-6-7-8-9-10-11-12-13-16-33-22-18-25(31)30(20-22)26-23-17-21(19-29)14-15-24(23)34-28(2,3)27(26)32/h14-15,17-18,26-27,32H,4-13,16,20H2,1-3H3/t26-,27+/m1/s1. The van der Waals surface area contributed by atoms with E-state index in [2.05, 4.69) is 13.0 Å². The molecule has 0 fully saturated rings. The second-order valence-corrected chi connectivity index (χ2v) is 10.1. The number of aliphatic hydroxyl groups excluding tert-OH is 1. The highest BCUT2D eigenvalue weighted by atomic mass is 16.5. The third kappa shape index (κ3) is 6.54. The summed E-state index contributed by atoms with van der Waals surface area (Å²) in [6.07, 6.45) is 13.2. The fraction of sp³-hybridized carbons (Fsp3) is 0.643. The summed E-state index contributed by atoms with van der Waals surface area (Å²) >= 11 is 0. The highest BCUT2D eigenvalue weighted by Crippen LogP contribution is 2.44. The molecule has 2 aliphatic rings. The SMILES string of the molecule is CCCCCCCCCCCCOC1=CC(=O)N([C@@H]2c3cc(C#N)ccc3OC(C)(C)[C@H]2O)C1. The first-order valence-electron chi connectivity index (χ1n) is 12.9. The van der Waals surface area contributed by atoms with Gasteiger partial charge in [0.05, 0.1) is 30.8 Å².